The van der Waals surface area contributed by atoms with Crippen molar-refractivity contribution in [2.24, 2.45) is 0 Å². The number of benzene rings is 1. The summed E-state index contributed by atoms with van der Waals surface area (Å²) in [4.78, 5) is 3.85. The van der Waals surface area contributed by atoms with Crippen molar-refractivity contribution in [1.29, 1.82) is 0 Å². The second-order valence-electron chi connectivity index (χ2n) is 3.97. The highest BCUT2D eigenvalue weighted by Crippen LogP contribution is 2.23. The van der Waals surface area contributed by atoms with Crippen molar-refractivity contribution in [2.75, 3.05) is 6.54 Å². The second kappa shape index (κ2) is 6.38. The Morgan fingerprint density at radius 1 is 1.30 bits per heavy atom. The Balaban J connectivity index is 1.79. The molecule has 0 fully saturated rings. The zero-order valence-corrected chi connectivity index (χ0v) is 10.4. The summed E-state index contributed by atoms with van der Waals surface area (Å²) in [7, 11) is 0. The van der Waals surface area contributed by atoms with Crippen molar-refractivity contribution in [1.82, 2.24) is 15.5 Å². The van der Waals surface area contributed by atoms with E-state index in [4.69, 9.17) is 0 Å². The highest BCUT2D eigenvalue weighted by molar-refractivity contribution is 5.28. The summed E-state index contributed by atoms with van der Waals surface area (Å²) in [6.45, 7) is 1.01. The average Bonchev–Trinajstić information content (AvgIpc) is 2.86. The molecule has 0 saturated heterocycles. The molecule has 5 nitrogen and oxygen atoms in total. The van der Waals surface area contributed by atoms with Gasteiger partial charge in [-0.15, -0.1) is 13.2 Å². The Hall–Kier alpha value is -2.09. The van der Waals surface area contributed by atoms with Gasteiger partial charge in [0.2, 0.25) is 6.39 Å². The van der Waals surface area contributed by atoms with Gasteiger partial charge < -0.3 is 14.6 Å². The lowest BCUT2D eigenvalue weighted by molar-refractivity contribution is -0.274. The summed E-state index contributed by atoms with van der Waals surface area (Å²) in [5, 5.41) is 6.72. The molecule has 0 bridgehead atoms. The van der Waals surface area contributed by atoms with Crippen LogP contribution < -0.4 is 10.1 Å². The lowest BCUT2D eigenvalue weighted by Crippen LogP contribution is -2.18. The predicted octanol–water partition coefficient (Wildman–Crippen LogP) is 2.30. The van der Waals surface area contributed by atoms with Crippen molar-refractivity contribution >= 4 is 0 Å². The van der Waals surface area contributed by atoms with Crippen LogP contribution in [0.2, 0.25) is 0 Å². The van der Waals surface area contributed by atoms with Crippen molar-refractivity contribution in [3.05, 3.63) is 42.0 Å². The van der Waals surface area contributed by atoms with E-state index in [1.807, 2.05) is 0 Å². The summed E-state index contributed by atoms with van der Waals surface area (Å²) >= 11 is 0. The lowest BCUT2D eigenvalue weighted by atomic mass is 10.2. The smallest absolute Gasteiger partial charge is 0.406 e. The zero-order chi connectivity index (χ0) is 14.4. The molecule has 0 radical (unpaired) electrons. The minimum atomic E-state index is -4.68. The molecule has 0 amide bonds. The van der Waals surface area contributed by atoms with Gasteiger partial charge in [0.25, 0.3) is 0 Å². The maximum atomic E-state index is 12.1. The van der Waals surface area contributed by atoms with Gasteiger partial charge in [-0.25, -0.2) is 0 Å². The molecule has 0 spiro atoms. The minimum absolute atomic E-state index is 0.227. The van der Waals surface area contributed by atoms with Crippen molar-refractivity contribution in [3.63, 3.8) is 0 Å². The molecule has 0 aliphatic rings. The van der Waals surface area contributed by atoms with Gasteiger partial charge in [-0.05, 0) is 17.7 Å². The third kappa shape index (κ3) is 4.88. The number of nitrogens with one attached hydrogen (secondary N) is 1. The van der Waals surface area contributed by atoms with Crippen LogP contribution in [-0.4, -0.2) is 23.0 Å². The van der Waals surface area contributed by atoms with Gasteiger partial charge >= 0.3 is 6.36 Å². The molecule has 8 heteroatoms. The second-order valence-corrected chi connectivity index (χ2v) is 3.97. The number of halogens is 3. The van der Waals surface area contributed by atoms with E-state index < -0.39 is 6.36 Å². The molecule has 2 rings (SSSR count). The van der Waals surface area contributed by atoms with E-state index in [9.17, 15) is 13.2 Å². The fourth-order valence-electron chi connectivity index (χ4n) is 1.59. The molecule has 1 heterocycles. The van der Waals surface area contributed by atoms with Gasteiger partial charge in [-0.1, -0.05) is 17.3 Å². The number of alkyl halides is 3. The molecule has 0 unspecified atom stereocenters. The highest BCUT2D eigenvalue weighted by atomic mass is 19.4. The van der Waals surface area contributed by atoms with Gasteiger partial charge in [0.15, 0.2) is 5.82 Å². The maximum absolute atomic E-state index is 12.1. The summed E-state index contributed by atoms with van der Waals surface area (Å²) in [5.74, 6) is 0.349. The first kappa shape index (κ1) is 14.3. The molecule has 1 aromatic heterocycles. The minimum Gasteiger partial charge on any atom is -0.406 e. The first-order valence-corrected chi connectivity index (χ1v) is 5.83. The molecule has 1 aromatic carbocycles. The van der Waals surface area contributed by atoms with E-state index in [0.29, 0.717) is 30.9 Å². The van der Waals surface area contributed by atoms with Crippen LogP contribution in [0.1, 0.15) is 11.4 Å². The van der Waals surface area contributed by atoms with Crippen LogP contribution >= 0.6 is 0 Å². The van der Waals surface area contributed by atoms with E-state index in [0.717, 1.165) is 0 Å². The van der Waals surface area contributed by atoms with Gasteiger partial charge in [0.1, 0.15) is 5.75 Å². The van der Waals surface area contributed by atoms with E-state index in [1.165, 1.54) is 24.6 Å². The molecule has 0 atom stereocenters. The monoisotopic (exact) mass is 287 g/mol. The van der Waals surface area contributed by atoms with Crippen LogP contribution in [0.15, 0.2) is 35.2 Å². The highest BCUT2D eigenvalue weighted by Gasteiger charge is 2.31. The lowest BCUT2D eigenvalue weighted by Gasteiger charge is -2.10. The van der Waals surface area contributed by atoms with Crippen LogP contribution in [0.3, 0.4) is 0 Å². The Morgan fingerprint density at radius 3 is 2.85 bits per heavy atom. The van der Waals surface area contributed by atoms with E-state index in [-0.39, 0.29) is 5.75 Å². The third-order valence-electron chi connectivity index (χ3n) is 2.39. The fraction of sp³-hybridized carbons (Fsp3) is 0.333. The fourth-order valence-corrected chi connectivity index (χ4v) is 1.59. The molecule has 20 heavy (non-hydrogen) atoms. The van der Waals surface area contributed by atoms with Crippen LogP contribution in [0, 0.1) is 0 Å². The summed E-state index contributed by atoms with van der Waals surface area (Å²) in [6.07, 6.45) is -2.85. The van der Waals surface area contributed by atoms with Gasteiger partial charge in [0, 0.05) is 19.5 Å². The first-order valence-electron chi connectivity index (χ1n) is 5.83. The Labute approximate surface area is 112 Å². The van der Waals surface area contributed by atoms with Crippen LogP contribution in [-0.2, 0) is 13.0 Å². The normalized spacial score (nSPS) is 11.6. The van der Waals surface area contributed by atoms with Crippen LogP contribution in [0.5, 0.6) is 5.75 Å². The number of rotatable bonds is 6. The molecule has 0 aliphatic heterocycles. The van der Waals surface area contributed by atoms with E-state index in [2.05, 4.69) is 24.7 Å². The molecule has 2 aromatic rings. The van der Waals surface area contributed by atoms with Gasteiger partial charge in [-0.3, -0.25) is 0 Å². The quantitative estimate of drug-likeness (QED) is 0.826. The van der Waals surface area contributed by atoms with Crippen LogP contribution in [0.4, 0.5) is 13.2 Å². The van der Waals surface area contributed by atoms with Crippen molar-refractivity contribution in [3.8, 4) is 5.75 Å². The molecule has 1 N–H and O–H groups in total. The third-order valence-corrected chi connectivity index (χ3v) is 2.39. The SMILES string of the molecule is FC(F)(F)Oc1cccc(CNCCc2ncon2)c1. The van der Waals surface area contributed by atoms with Crippen molar-refractivity contribution < 1.29 is 22.4 Å². The summed E-state index contributed by atoms with van der Waals surface area (Å²) in [6, 6.07) is 5.83. The number of ether oxygens (including phenoxy) is 1. The predicted molar refractivity (Wildman–Crippen MR) is 62.8 cm³/mol. The largest absolute Gasteiger partial charge is 0.573 e. The molecular formula is C12H12F3N3O2. The Morgan fingerprint density at radius 2 is 2.15 bits per heavy atom. The summed E-state index contributed by atoms with van der Waals surface area (Å²) < 4.78 is 44.7. The maximum Gasteiger partial charge on any atom is 0.573 e. The zero-order valence-electron chi connectivity index (χ0n) is 10.4. The molecule has 0 saturated carbocycles. The van der Waals surface area contributed by atoms with Crippen LogP contribution in [0.25, 0.3) is 0 Å². The molecule has 108 valence electrons. The van der Waals surface area contributed by atoms with Crippen molar-refractivity contribution in [2.45, 2.75) is 19.3 Å². The Bertz CT molecular complexity index is 529. The Kier molecular flexibility index (Phi) is 4.57. The van der Waals surface area contributed by atoms with E-state index in [1.54, 1.807) is 6.07 Å². The molecule has 0 aliphatic carbocycles. The first-order chi connectivity index (χ1) is 9.53. The molecular weight excluding hydrogens is 275 g/mol. The summed E-state index contributed by atoms with van der Waals surface area (Å²) in [5.41, 5.74) is 0.694. The topological polar surface area (TPSA) is 60.2 Å². The average molecular weight is 287 g/mol. The number of aromatic nitrogens is 2. The number of hydrogen-bond donors (Lipinski definition) is 1. The van der Waals surface area contributed by atoms with E-state index >= 15 is 0 Å². The van der Waals surface area contributed by atoms with Gasteiger partial charge in [-0.2, -0.15) is 4.98 Å². The standard InChI is InChI=1S/C12H12F3N3O2/c13-12(14,15)20-10-3-1-2-9(6-10)7-16-5-4-11-17-8-19-18-11/h1-3,6,8,16H,4-5,7H2. The number of hydrogen-bond acceptors (Lipinski definition) is 5. The number of nitrogens with zero attached hydrogens (tertiary/aromatic N) is 2. The van der Waals surface area contributed by atoms with Gasteiger partial charge in [0.05, 0.1) is 0 Å².